The SMILES string of the molecule is COC(=O)CC1(C)C(=O)NCC1CNC(=O)c1ccc(-c2ccc(C(=N)N)cc2)cc1. The lowest BCUT2D eigenvalue weighted by molar-refractivity contribution is -0.147. The van der Waals surface area contributed by atoms with E-state index in [9.17, 15) is 14.4 Å². The molecule has 8 nitrogen and oxygen atoms in total. The van der Waals surface area contributed by atoms with Gasteiger partial charge in [0.05, 0.1) is 18.9 Å². The van der Waals surface area contributed by atoms with Crippen molar-refractivity contribution < 1.29 is 19.1 Å². The summed E-state index contributed by atoms with van der Waals surface area (Å²) in [6.45, 7) is 2.37. The number of benzene rings is 2. The molecule has 2 unspecified atom stereocenters. The van der Waals surface area contributed by atoms with E-state index < -0.39 is 11.4 Å². The number of rotatable bonds is 7. The first-order valence-corrected chi connectivity index (χ1v) is 9.93. The third kappa shape index (κ3) is 4.74. The van der Waals surface area contributed by atoms with Crippen molar-refractivity contribution >= 4 is 23.6 Å². The van der Waals surface area contributed by atoms with E-state index in [1.165, 1.54) is 7.11 Å². The fraction of sp³-hybridized carbons (Fsp3) is 0.304. The van der Waals surface area contributed by atoms with Gasteiger partial charge in [-0.2, -0.15) is 0 Å². The standard InChI is InChI=1S/C23H26N4O4/c1-23(11-19(28)31-2)18(13-27-22(23)30)12-26-21(29)17-9-5-15(6-10-17)14-3-7-16(8-4-14)20(24)25/h3-10,18H,11-13H2,1-2H3,(H3,24,25)(H,26,29)(H,27,30). The molecule has 2 atom stereocenters. The van der Waals surface area contributed by atoms with E-state index >= 15 is 0 Å². The van der Waals surface area contributed by atoms with Crippen molar-refractivity contribution in [2.24, 2.45) is 17.1 Å². The van der Waals surface area contributed by atoms with E-state index in [0.717, 1.165) is 11.1 Å². The molecule has 3 rings (SSSR count). The molecule has 2 aromatic rings. The zero-order valence-electron chi connectivity index (χ0n) is 17.5. The van der Waals surface area contributed by atoms with Crippen molar-refractivity contribution in [3.8, 4) is 11.1 Å². The van der Waals surface area contributed by atoms with E-state index in [4.69, 9.17) is 15.9 Å². The fourth-order valence-electron chi connectivity index (χ4n) is 3.70. The lowest BCUT2D eigenvalue weighted by Gasteiger charge is -2.27. The maximum atomic E-state index is 12.6. The van der Waals surface area contributed by atoms with Crippen LogP contribution in [0.1, 0.15) is 29.3 Å². The van der Waals surface area contributed by atoms with Gasteiger partial charge in [0.1, 0.15) is 5.84 Å². The normalized spacial score (nSPS) is 20.1. The van der Waals surface area contributed by atoms with Crippen molar-refractivity contribution in [2.75, 3.05) is 20.2 Å². The van der Waals surface area contributed by atoms with Gasteiger partial charge in [-0.25, -0.2) is 0 Å². The highest BCUT2D eigenvalue weighted by molar-refractivity contribution is 5.96. The molecule has 0 bridgehead atoms. The van der Waals surface area contributed by atoms with Gasteiger partial charge < -0.3 is 21.1 Å². The van der Waals surface area contributed by atoms with Crippen LogP contribution in [0.5, 0.6) is 0 Å². The summed E-state index contributed by atoms with van der Waals surface area (Å²) >= 11 is 0. The van der Waals surface area contributed by atoms with E-state index in [0.29, 0.717) is 17.7 Å². The van der Waals surface area contributed by atoms with Gasteiger partial charge in [-0.15, -0.1) is 0 Å². The number of methoxy groups -OCH3 is 1. The second-order valence-corrected chi connectivity index (χ2v) is 7.86. The lowest BCUT2D eigenvalue weighted by atomic mass is 9.76. The first-order valence-electron chi connectivity index (χ1n) is 9.93. The summed E-state index contributed by atoms with van der Waals surface area (Å²) in [6.07, 6.45) is -0.0347. The third-order valence-corrected chi connectivity index (χ3v) is 5.85. The molecule has 0 radical (unpaired) electrons. The van der Waals surface area contributed by atoms with Crippen molar-refractivity contribution in [1.82, 2.24) is 10.6 Å². The predicted molar refractivity (Wildman–Crippen MR) is 116 cm³/mol. The summed E-state index contributed by atoms with van der Waals surface area (Å²) in [5, 5.41) is 13.1. The van der Waals surface area contributed by atoms with Crippen molar-refractivity contribution in [3.05, 3.63) is 59.7 Å². The van der Waals surface area contributed by atoms with Crippen molar-refractivity contribution in [2.45, 2.75) is 13.3 Å². The molecule has 2 amide bonds. The van der Waals surface area contributed by atoms with E-state index in [2.05, 4.69) is 10.6 Å². The second-order valence-electron chi connectivity index (χ2n) is 7.86. The Hall–Kier alpha value is -3.68. The number of hydrogen-bond acceptors (Lipinski definition) is 5. The van der Waals surface area contributed by atoms with Gasteiger partial charge in [-0.05, 0) is 30.2 Å². The molecule has 8 heteroatoms. The molecule has 2 aromatic carbocycles. The molecule has 0 saturated carbocycles. The molecule has 1 heterocycles. The summed E-state index contributed by atoms with van der Waals surface area (Å²) in [7, 11) is 1.29. The molecule has 162 valence electrons. The van der Waals surface area contributed by atoms with Gasteiger partial charge in [0, 0.05) is 30.1 Å². The van der Waals surface area contributed by atoms with Crippen LogP contribution >= 0.6 is 0 Å². The number of carbonyl (C=O) groups is 3. The number of hydrogen-bond donors (Lipinski definition) is 4. The van der Waals surface area contributed by atoms with Crippen LogP contribution in [0.15, 0.2) is 48.5 Å². The van der Waals surface area contributed by atoms with Crippen LogP contribution in [-0.4, -0.2) is 43.8 Å². The number of esters is 1. The van der Waals surface area contributed by atoms with Crippen LogP contribution in [0.4, 0.5) is 0 Å². The minimum Gasteiger partial charge on any atom is -0.469 e. The van der Waals surface area contributed by atoms with E-state index in [1.807, 2.05) is 24.3 Å². The van der Waals surface area contributed by atoms with Gasteiger partial charge in [-0.3, -0.25) is 19.8 Å². The minimum atomic E-state index is -0.920. The maximum absolute atomic E-state index is 12.6. The summed E-state index contributed by atoms with van der Waals surface area (Å²) < 4.78 is 4.71. The molecular formula is C23H26N4O4. The smallest absolute Gasteiger partial charge is 0.306 e. The quantitative estimate of drug-likeness (QED) is 0.306. The zero-order valence-corrected chi connectivity index (χ0v) is 17.5. The Labute approximate surface area is 180 Å². The molecule has 1 aliphatic heterocycles. The monoisotopic (exact) mass is 422 g/mol. The largest absolute Gasteiger partial charge is 0.469 e. The van der Waals surface area contributed by atoms with Gasteiger partial charge in [0.2, 0.25) is 5.91 Å². The molecule has 5 N–H and O–H groups in total. The van der Waals surface area contributed by atoms with Gasteiger partial charge in [0.15, 0.2) is 0 Å². The Balaban J connectivity index is 1.63. The van der Waals surface area contributed by atoms with Crippen LogP contribution in [-0.2, 0) is 14.3 Å². The molecular weight excluding hydrogens is 396 g/mol. The number of amides is 2. The van der Waals surface area contributed by atoms with Crippen LogP contribution in [0.25, 0.3) is 11.1 Å². The Morgan fingerprint density at radius 2 is 1.68 bits per heavy atom. The predicted octanol–water partition coefficient (Wildman–Crippen LogP) is 1.68. The summed E-state index contributed by atoms with van der Waals surface area (Å²) in [5.74, 6) is -1.12. The number of amidine groups is 1. The Morgan fingerprint density at radius 1 is 1.13 bits per heavy atom. The van der Waals surface area contributed by atoms with Gasteiger partial charge in [-0.1, -0.05) is 36.4 Å². The van der Waals surface area contributed by atoms with E-state index in [-0.39, 0.29) is 36.5 Å². The molecule has 1 aliphatic rings. The molecule has 1 fully saturated rings. The van der Waals surface area contributed by atoms with Crippen molar-refractivity contribution in [3.63, 3.8) is 0 Å². The highest BCUT2D eigenvalue weighted by Crippen LogP contribution is 2.35. The number of nitrogen functional groups attached to an aromatic ring is 1. The van der Waals surface area contributed by atoms with Gasteiger partial charge >= 0.3 is 5.97 Å². The Bertz CT molecular complexity index is 1000. The maximum Gasteiger partial charge on any atom is 0.306 e. The highest BCUT2D eigenvalue weighted by atomic mass is 16.5. The van der Waals surface area contributed by atoms with E-state index in [1.54, 1.807) is 31.2 Å². The third-order valence-electron chi connectivity index (χ3n) is 5.85. The number of ether oxygens (including phenoxy) is 1. The number of carbonyl (C=O) groups excluding carboxylic acids is 3. The summed E-state index contributed by atoms with van der Waals surface area (Å²) in [4.78, 5) is 36.6. The second kappa shape index (κ2) is 8.99. The first kappa shape index (κ1) is 22.0. The average Bonchev–Trinajstić information content (AvgIpc) is 3.05. The molecule has 1 saturated heterocycles. The number of nitrogens with one attached hydrogen (secondary N) is 3. The zero-order chi connectivity index (χ0) is 22.6. The summed E-state index contributed by atoms with van der Waals surface area (Å²) in [6, 6.07) is 14.5. The molecule has 0 aromatic heterocycles. The fourth-order valence-corrected chi connectivity index (χ4v) is 3.70. The topological polar surface area (TPSA) is 134 Å². The average molecular weight is 422 g/mol. The van der Waals surface area contributed by atoms with Crippen LogP contribution < -0.4 is 16.4 Å². The Kier molecular flexibility index (Phi) is 6.39. The van der Waals surface area contributed by atoms with Crippen LogP contribution in [0.3, 0.4) is 0 Å². The van der Waals surface area contributed by atoms with Crippen molar-refractivity contribution in [1.29, 1.82) is 5.41 Å². The Morgan fingerprint density at radius 3 is 2.19 bits per heavy atom. The highest BCUT2D eigenvalue weighted by Gasteiger charge is 2.48. The first-order chi connectivity index (χ1) is 14.7. The molecule has 0 spiro atoms. The minimum absolute atomic E-state index is 0.0143. The number of nitrogens with two attached hydrogens (primary N) is 1. The lowest BCUT2D eigenvalue weighted by Crippen LogP contribution is -2.40. The molecule has 31 heavy (non-hydrogen) atoms. The molecule has 0 aliphatic carbocycles. The van der Waals surface area contributed by atoms with Crippen LogP contribution in [0.2, 0.25) is 0 Å². The summed E-state index contributed by atoms with van der Waals surface area (Å²) in [5.41, 5.74) is 7.59. The van der Waals surface area contributed by atoms with Crippen LogP contribution in [0, 0.1) is 16.7 Å². The van der Waals surface area contributed by atoms with Gasteiger partial charge in [0.25, 0.3) is 5.91 Å².